The quantitative estimate of drug-likeness (QED) is 0.520. The van der Waals surface area contributed by atoms with Crippen LogP contribution in [-0.4, -0.2) is 14.8 Å². The van der Waals surface area contributed by atoms with Gasteiger partial charge in [-0.1, -0.05) is 64.8 Å². The minimum Gasteiger partial charge on any atom is -0.302 e. The molecule has 6 heteroatoms. The number of rotatable bonds is 5. The molecule has 0 aliphatic carbocycles. The molecule has 3 nitrogen and oxygen atoms in total. The molecule has 0 aliphatic rings. The summed E-state index contributed by atoms with van der Waals surface area (Å²) in [4.78, 5) is 0. The van der Waals surface area contributed by atoms with Crippen LogP contribution < -0.4 is 0 Å². The monoisotopic (exact) mass is 377 g/mol. The number of hydrogen-bond donors (Lipinski definition) is 0. The molecule has 0 bridgehead atoms. The Labute approximate surface area is 156 Å². The molecule has 0 saturated heterocycles. The Morgan fingerprint density at radius 2 is 1.75 bits per heavy atom. The summed E-state index contributed by atoms with van der Waals surface area (Å²) in [6.45, 7) is 4.97. The van der Waals surface area contributed by atoms with Crippen LogP contribution in [0.5, 0.6) is 0 Å². The van der Waals surface area contributed by atoms with Crippen molar-refractivity contribution in [3.8, 4) is 11.4 Å². The topological polar surface area (TPSA) is 30.7 Å². The molecule has 0 aliphatic heterocycles. The van der Waals surface area contributed by atoms with Crippen LogP contribution in [0.15, 0.2) is 47.6 Å². The summed E-state index contributed by atoms with van der Waals surface area (Å²) in [5, 5.41) is 10.7. The Balaban J connectivity index is 1.83. The predicted molar refractivity (Wildman–Crippen MR) is 102 cm³/mol. The number of hydrogen-bond acceptors (Lipinski definition) is 3. The third-order valence-corrected chi connectivity index (χ3v) is 5.48. The highest BCUT2D eigenvalue weighted by atomic mass is 35.5. The summed E-state index contributed by atoms with van der Waals surface area (Å²) >= 11 is 13.8. The fraction of sp³-hybridized carbons (Fsp3) is 0.222. The number of aromatic nitrogens is 3. The van der Waals surface area contributed by atoms with Gasteiger partial charge >= 0.3 is 0 Å². The van der Waals surface area contributed by atoms with Crippen molar-refractivity contribution >= 4 is 35.0 Å². The summed E-state index contributed by atoms with van der Waals surface area (Å²) in [6.07, 6.45) is 0. The highest BCUT2D eigenvalue weighted by molar-refractivity contribution is 7.98. The zero-order valence-electron chi connectivity index (χ0n) is 13.5. The molecule has 0 spiro atoms. The zero-order chi connectivity index (χ0) is 17.1. The van der Waals surface area contributed by atoms with Crippen LogP contribution in [0.1, 0.15) is 18.1 Å². The van der Waals surface area contributed by atoms with E-state index in [1.165, 1.54) is 11.1 Å². The van der Waals surface area contributed by atoms with Crippen LogP contribution in [0.3, 0.4) is 0 Å². The minimum absolute atomic E-state index is 0.522. The Hall–Kier alpha value is -1.49. The van der Waals surface area contributed by atoms with Crippen LogP contribution in [0.25, 0.3) is 11.4 Å². The number of halogens is 2. The minimum atomic E-state index is 0.522. The van der Waals surface area contributed by atoms with Gasteiger partial charge in [0, 0.05) is 17.9 Å². The normalized spacial score (nSPS) is 11.0. The fourth-order valence-corrected chi connectivity index (χ4v) is 3.62. The lowest BCUT2D eigenvalue weighted by atomic mass is 10.2. The summed E-state index contributed by atoms with van der Waals surface area (Å²) < 4.78 is 2.10. The Morgan fingerprint density at radius 3 is 2.42 bits per heavy atom. The first-order valence-corrected chi connectivity index (χ1v) is 9.39. The van der Waals surface area contributed by atoms with Gasteiger partial charge in [-0.25, -0.2) is 0 Å². The third kappa shape index (κ3) is 3.77. The standard InChI is InChI=1S/C18H17Cl2N3S/c1-3-23-17(14-8-9-15(19)16(20)10-14)21-22-18(23)24-11-13-6-4-12(2)5-7-13/h4-10H,3,11H2,1-2H3. The molecule has 0 saturated carbocycles. The van der Waals surface area contributed by atoms with E-state index in [9.17, 15) is 0 Å². The lowest BCUT2D eigenvalue weighted by Crippen LogP contribution is -2.00. The molecule has 0 fully saturated rings. The number of nitrogens with zero attached hydrogens (tertiary/aromatic N) is 3. The van der Waals surface area contributed by atoms with Gasteiger partial charge in [-0.05, 0) is 37.6 Å². The second-order valence-corrected chi connectivity index (χ2v) is 7.21. The maximum absolute atomic E-state index is 6.13. The van der Waals surface area contributed by atoms with Crippen LogP contribution in [0.2, 0.25) is 10.0 Å². The van der Waals surface area contributed by atoms with Crippen molar-refractivity contribution in [2.45, 2.75) is 31.3 Å². The lowest BCUT2D eigenvalue weighted by Gasteiger charge is -2.08. The maximum Gasteiger partial charge on any atom is 0.191 e. The van der Waals surface area contributed by atoms with Crippen molar-refractivity contribution in [3.63, 3.8) is 0 Å². The van der Waals surface area contributed by atoms with Crippen LogP contribution in [0.4, 0.5) is 0 Å². The van der Waals surface area contributed by atoms with Gasteiger partial charge in [0.1, 0.15) is 0 Å². The van der Waals surface area contributed by atoms with E-state index in [2.05, 4.69) is 52.9 Å². The fourth-order valence-electron chi connectivity index (χ4n) is 2.36. The molecule has 0 radical (unpaired) electrons. The van der Waals surface area contributed by atoms with Crippen molar-refractivity contribution in [2.24, 2.45) is 0 Å². The van der Waals surface area contributed by atoms with Gasteiger partial charge in [0.2, 0.25) is 0 Å². The average molecular weight is 378 g/mol. The predicted octanol–water partition coefficient (Wildman–Crippen LogP) is 5.87. The Kier molecular flexibility index (Phi) is 5.49. The average Bonchev–Trinajstić information content (AvgIpc) is 3.00. The van der Waals surface area contributed by atoms with Gasteiger partial charge in [0.25, 0.3) is 0 Å². The summed E-state index contributed by atoms with van der Waals surface area (Å²) in [7, 11) is 0. The Bertz CT molecular complexity index is 844. The van der Waals surface area contributed by atoms with E-state index in [1.807, 2.05) is 12.1 Å². The van der Waals surface area contributed by atoms with Gasteiger partial charge in [0.05, 0.1) is 10.0 Å². The van der Waals surface area contributed by atoms with Crippen LogP contribution >= 0.6 is 35.0 Å². The summed E-state index contributed by atoms with van der Waals surface area (Å²) in [6, 6.07) is 14.1. The highest BCUT2D eigenvalue weighted by Gasteiger charge is 2.14. The van der Waals surface area contributed by atoms with Gasteiger partial charge in [0.15, 0.2) is 11.0 Å². The van der Waals surface area contributed by atoms with Crippen molar-refractivity contribution in [3.05, 3.63) is 63.6 Å². The molecule has 0 N–H and O–H groups in total. The summed E-state index contributed by atoms with van der Waals surface area (Å²) in [5.41, 5.74) is 3.45. The second-order valence-electron chi connectivity index (χ2n) is 5.45. The van der Waals surface area contributed by atoms with Gasteiger partial charge < -0.3 is 4.57 Å². The number of benzene rings is 2. The smallest absolute Gasteiger partial charge is 0.191 e. The third-order valence-electron chi connectivity index (χ3n) is 3.70. The molecule has 0 amide bonds. The van der Waals surface area contributed by atoms with Gasteiger partial charge in [-0.2, -0.15) is 0 Å². The Morgan fingerprint density at radius 1 is 1.00 bits per heavy atom. The molecule has 2 aromatic carbocycles. The van der Waals surface area contributed by atoms with Gasteiger partial charge in [-0.3, -0.25) is 0 Å². The van der Waals surface area contributed by atoms with Crippen molar-refractivity contribution in [1.82, 2.24) is 14.8 Å². The molecule has 1 heterocycles. The maximum atomic E-state index is 6.13. The van der Waals surface area contributed by atoms with Crippen molar-refractivity contribution in [2.75, 3.05) is 0 Å². The molecule has 1 aromatic heterocycles. The second kappa shape index (κ2) is 7.60. The first kappa shape index (κ1) is 17.3. The van der Waals surface area contributed by atoms with Crippen molar-refractivity contribution < 1.29 is 0 Å². The highest BCUT2D eigenvalue weighted by Crippen LogP contribution is 2.30. The van der Waals surface area contributed by atoms with E-state index in [-0.39, 0.29) is 0 Å². The number of aryl methyl sites for hydroxylation is 1. The van der Waals surface area contributed by atoms with Crippen LogP contribution in [0, 0.1) is 6.92 Å². The molecule has 24 heavy (non-hydrogen) atoms. The molecule has 124 valence electrons. The molecule has 3 aromatic rings. The SMILES string of the molecule is CCn1c(SCc2ccc(C)cc2)nnc1-c1ccc(Cl)c(Cl)c1. The molecular weight excluding hydrogens is 361 g/mol. The van der Waals surface area contributed by atoms with E-state index in [4.69, 9.17) is 23.2 Å². The van der Waals surface area contributed by atoms with E-state index in [1.54, 1.807) is 17.8 Å². The molecule has 0 unspecified atom stereocenters. The van der Waals surface area contributed by atoms with E-state index >= 15 is 0 Å². The van der Waals surface area contributed by atoms with Gasteiger partial charge in [-0.15, -0.1) is 10.2 Å². The van der Waals surface area contributed by atoms with Crippen molar-refractivity contribution in [1.29, 1.82) is 0 Å². The van der Waals surface area contributed by atoms with E-state index in [0.717, 1.165) is 28.8 Å². The summed E-state index contributed by atoms with van der Waals surface area (Å²) in [5.74, 6) is 1.67. The largest absolute Gasteiger partial charge is 0.302 e. The first-order valence-electron chi connectivity index (χ1n) is 7.65. The molecular formula is C18H17Cl2N3S. The first-order chi connectivity index (χ1) is 11.6. The zero-order valence-corrected chi connectivity index (χ0v) is 15.8. The van der Waals surface area contributed by atoms with E-state index in [0.29, 0.717) is 10.0 Å². The van der Waals surface area contributed by atoms with E-state index < -0.39 is 0 Å². The van der Waals surface area contributed by atoms with Crippen LogP contribution in [-0.2, 0) is 12.3 Å². The lowest BCUT2D eigenvalue weighted by molar-refractivity contribution is 0.687. The molecule has 3 rings (SSSR count). The number of thioether (sulfide) groups is 1. The molecule has 0 atom stereocenters.